The number of Topliss-reactive ketones (excluding diaryl/α,β-unsaturated/α-hetero) is 1. The van der Waals surface area contributed by atoms with Crippen molar-refractivity contribution in [2.24, 2.45) is 17.2 Å². The summed E-state index contributed by atoms with van der Waals surface area (Å²) in [5.41, 5.74) is 18.6. The van der Waals surface area contributed by atoms with E-state index in [1.807, 2.05) is 12.1 Å². The van der Waals surface area contributed by atoms with Gasteiger partial charge in [-0.25, -0.2) is 4.79 Å². The van der Waals surface area contributed by atoms with Gasteiger partial charge in [0.25, 0.3) is 0 Å². The Labute approximate surface area is 138 Å². The SMILES string of the molecule is N=C(N)c1ccc([C@@H]2C[C@H](CC(=O)C(N)(CN)C(=O)O)ON2)cc1. The van der Waals surface area contributed by atoms with Gasteiger partial charge >= 0.3 is 5.97 Å². The van der Waals surface area contributed by atoms with Crippen molar-refractivity contribution in [1.82, 2.24) is 5.48 Å². The average Bonchev–Trinajstić information content (AvgIpc) is 3.02. The van der Waals surface area contributed by atoms with Gasteiger partial charge in [-0.3, -0.25) is 15.0 Å². The van der Waals surface area contributed by atoms with Gasteiger partial charge in [0.1, 0.15) is 5.84 Å². The lowest BCUT2D eigenvalue weighted by atomic mass is 9.90. The second-order valence-electron chi connectivity index (χ2n) is 5.79. The van der Waals surface area contributed by atoms with E-state index in [1.165, 1.54) is 0 Å². The van der Waals surface area contributed by atoms with Crippen molar-refractivity contribution in [2.75, 3.05) is 6.54 Å². The highest BCUT2D eigenvalue weighted by Gasteiger charge is 2.42. The summed E-state index contributed by atoms with van der Waals surface area (Å²) in [6.45, 7) is -0.475. The standard InChI is InChI=1S/C15H21N5O4/c16-7-15(19,14(22)23)12(21)6-10-5-11(20-24-10)8-1-3-9(4-2-8)13(17)18/h1-4,10-11,20H,5-7,16,19H2,(H3,17,18)(H,22,23)/t10-,11+,15?/m1/s1. The van der Waals surface area contributed by atoms with E-state index in [0.717, 1.165) is 5.56 Å². The van der Waals surface area contributed by atoms with Gasteiger partial charge in [-0.1, -0.05) is 24.3 Å². The van der Waals surface area contributed by atoms with Crippen molar-refractivity contribution >= 4 is 17.6 Å². The molecule has 0 saturated carbocycles. The lowest BCUT2D eigenvalue weighted by Gasteiger charge is -2.22. The third-order valence-electron chi connectivity index (χ3n) is 4.11. The molecule has 0 aromatic heterocycles. The van der Waals surface area contributed by atoms with Crippen LogP contribution in [-0.4, -0.2) is 40.9 Å². The van der Waals surface area contributed by atoms with Gasteiger partial charge in [-0.15, -0.1) is 0 Å². The number of carboxylic acids is 1. The van der Waals surface area contributed by atoms with Gasteiger partial charge in [0.05, 0.1) is 12.1 Å². The van der Waals surface area contributed by atoms with E-state index < -0.39 is 29.9 Å². The number of aliphatic carboxylic acids is 1. The van der Waals surface area contributed by atoms with E-state index in [9.17, 15) is 9.59 Å². The van der Waals surface area contributed by atoms with Crippen molar-refractivity contribution in [3.05, 3.63) is 35.4 Å². The fourth-order valence-corrected chi connectivity index (χ4v) is 2.47. The number of amidine groups is 1. The largest absolute Gasteiger partial charge is 0.479 e. The molecule has 9 heteroatoms. The van der Waals surface area contributed by atoms with Crippen LogP contribution in [0.25, 0.3) is 0 Å². The van der Waals surface area contributed by atoms with Gasteiger partial charge in [0.2, 0.25) is 0 Å². The van der Waals surface area contributed by atoms with Crippen LogP contribution in [0.1, 0.15) is 30.0 Å². The van der Waals surface area contributed by atoms with Crippen LogP contribution in [0.2, 0.25) is 0 Å². The van der Waals surface area contributed by atoms with Crippen LogP contribution in [-0.2, 0) is 14.4 Å². The monoisotopic (exact) mass is 335 g/mol. The average molecular weight is 335 g/mol. The zero-order valence-corrected chi connectivity index (χ0v) is 13.0. The Hall–Kier alpha value is -2.33. The van der Waals surface area contributed by atoms with Gasteiger partial charge in [0.15, 0.2) is 11.3 Å². The summed E-state index contributed by atoms with van der Waals surface area (Å²) in [6.07, 6.45) is -0.163. The fourth-order valence-electron chi connectivity index (χ4n) is 2.47. The fraction of sp³-hybridized carbons (Fsp3) is 0.400. The summed E-state index contributed by atoms with van der Waals surface area (Å²) in [5.74, 6) is -2.13. The Bertz CT molecular complexity index is 648. The predicted molar refractivity (Wildman–Crippen MR) is 86.1 cm³/mol. The zero-order valence-electron chi connectivity index (χ0n) is 13.0. The normalized spacial score (nSPS) is 22.8. The number of carbonyl (C=O) groups excluding carboxylic acids is 1. The highest BCUT2D eigenvalue weighted by atomic mass is 16.7. The number of nitrogens with two attached hydrogens (primary N) is 3. The van der Waals surface area contributed by atoms with Crippen molar-refractivity contribution in [2.45, 2.75) is 30.5 Å². The second-order valence-corrected chi connectivity index (χ2v) is 5.79. The molecule has 3 atom stereocenters. The molecule has 1 unspecified atom stereocenters. The number of benzene rings is 1. The quantitative estimate of drug-likeness (QED) is 0.209. The summed E-state index contributed by atoms with van der Waals surface area (Å²) in [5, 5.41) is 16.4. The smallest absolute Gasteiger partial charge is 0.332 e. The third-order valence-corrected chi connectivity index (χ3v) is 4.11. The van der Waals surface area contributed by atoms with Crippen molar-refractivity contribution in [3.63, 3.8) is 0 Å². The van der Waals surface area contributed by atoms with E-state index in [4.69, 9.17) is 32.6 Å². The Morgan fingerprint density at radius 1 is 1.38 bits per heavy atom. The van der Waals surface area contributed by atoms with E-state index >= 15 is 0 Å². The molecule has 1 heterocycles. The van der Waals surface area contributed by atoms with Gasteiger partial charge in [-0.2, -0.15) is 5.48 Å². The van der Waals surface area contributed by atoms with Gasteiger partial charge < -0.3 is 22.3 Å². The minimum atomic E-state index is -2.09. The molecule has 130 valence electrons. The number of hydroxylamine groups is 1. The number of nitrogens with one attached hydrogen (secondary N) is 2. The molecule has 1 aromatic carbocycles. The molecule has 0 spiro atoms. The first-order valence-electron chi connectivity index (χ1n) is 7.39. The first-order valence-corrected chi connectivity index (χ1v) is 7.39. The summed E-state index contributed by atoms with van der Waals surface area (Å²) >= 11 is 0. The Balaban J connectivity index is 1.99. The number of ketones is 1. The van der Waals surface area contributed by atoms with Crippen LogP contribution in [0.3, 0.4) is 0 Å². The maximum Gasteiger partial charge on any atom is 0.332 e. The summed E-state index contributed by atoms with van der Waals surface area (Å²) in [7, 11) is 0. The molecule has 24 heavy (non-hydrogen) atoms. The molecule has 1 aliphatic rings. The molecule has 1 aromatic rings. The summed E-state index contributed by atoms with van der Waals surface area (Å²) < 4.78 is 0. The van der Waals surface area contributed by atoms with E-state index in [1.54, 1.807) is 12.1 Å². The molecule has 1 fully saturated rings. The number of carboxylic acid groups (broad SMARTS) is 1. The molecule has 0 bridgehead atoms. The molecule has 1 aliphatic heterocycles. The minimum absolute atomic E-state index is 0.0182. The lowest BCUT2D eigenvalue weighted by molar-refractivity contribution is -0.148. The summed E-state index contributed by atoms with van der Waals surface area (Å²) in [6, 6.07) is 6.92. The molecule has 1 saturated heterocycles. The number of carbonyl (C=O) groups is 2. The van der Waals surface area contributed by atoms with E-state index in [2.05, 4.69) is 5.48 Å². The zero-order chi connectivity index (χ0) is 17.9. The molecule has 9 nitrogen and oxygen atoms in total. The maximum atomic E-state index is 12.1. The number of nitrogen functional groups attached to an aromatic ring is 1. The predicted octanol–water partition coefficient (Wildman–Crippen LogP) is -0.995. The first-order chi connectivity index (χ1) is 11.3. The first kappa shape index (κ1) is 18.0. The molecule has 0 radical (unpaired) electrons. The number of hydrogen-bond acceptors (Lipinski definition) is 7. The van der Waals surface area contributed by atoms with Gasteiger partial charge in [0, 0.05) is 18.5 Å². The Kier molecular flexibility index (Phi) is 5.30. The Morgan fingerprint density at radius 3 is 2.50 bits per heavy atom. The molecular weight excluding hydrogens is 314 g/mol. The molecular formula is C15H21N5O4. The molecule has 0 amide bonds. The lowest BCUT2D eigenvalue weighted by Crippen LogP contribution is -2.60. The third kappa shape index (κ3) is 3.60. The van der Waals surface area contributed by atoms with Crippen molar-refractivity contribution in [1.29, 1.82) is 5.41 Å². The highest BCUT2D eigenvalue weighted by molar-refractivity contribution is 6.08. The van der Waals surface area contributed by atoms with Crippen molar-refractivity contribution < 1.29 is 19.5 Å². The highest BCUT2D eigenvalue weighted by Crippen LogP contribution is 2.28. The molecule has 9 N–H and O–H groups in total. The maximum absolute atomic E-state index is 12.1. The minimum Gasteiger partial charge on any atom is -0.479 e. The van der Waals surface area contributed by atoms with Crippen LogP contribution < -0.4 is 22.7 Å². The van der Waals surface area contributed by atoms with E-state index in [0.29, 0.717) is 12.0 Å². The molecule has 2 rings (SSSR count). The van der Waals surface area contributed by atoms with Crippen molar-refractivity contribution in [3.8, 4) is 0 Å². The van der Waals surface area contributed by atoms with Crippen LogP contribution in [0.15, 0.2) is 24.3 Å². The molecule has 0 aliphatic carbocycles. The van der Waals surface area contributed by atoms with E-state index in [-0.39, 0.29) is 18.3 Å². The van der Waals surface area contributed by atoms with Crippen LogP contribution in [0.5, 0.6) is 0 Å². The van der Waals surface area contributed by atoms with Gasteiger partial charge in [-0.05, 0) is 12.0 Å². The Morgan fingerprint density at radius 2 is 2.00 bits per heavy atom. The number of hydrogen-bond donors (Lipinski definition) is 6. The van der Waals surface area contributed by atoms with Crippen LogP contribution in [0, 0.1) is 5.41 Å². The van der Waals surface area contributed by atoms with Crippen LogP contribution >= 0.6 is 0 Å². The van der Waals surface area contributed by atoms with Crippen LogP contribution in [0.4, 0.5) is 0 Å². The topological polar surface area (TPSA) is 178 Å². The number of rotatable bonds is 7. The summed E-state index contributed by atoms with van der Waals surface area (Å²) in [4.78, 5) is 28.6. The second kappa shape index (κ2) is 7.05.